The summed E-state index contributed by atoms with van der Waals surface area (Å²) in [5.41, 5.74) is 1.29. The Morgan fingerprint density at radius 3 is 2.60 bits per heavy atom. The number of carbonyl (C=O) groups excluding carboxylic acids is 1. The Morgan fingerprint density at radius 1 is 1.20 bits per heavy atom. The number of sulfonamides is 1. The Kier molecular flexibility index (Phi) is 7.68. The van der Waals surface area contributed by atoms with Gasteiger partial charge >= 0.3 is 0 Å². The molecule has 0 radical (unpaired) electrons. The van der Waals surface area contributed by atoms with Gasteiger partial charge in [0, 0.05) is 33.1 Å². The van der Waals surface area contributed by atoms with Gasteiger partial charge in [0.2, 0.25) is 10.0 Å². The van der Waals surface area contributed by atoms with Gasteiger partial charge in [0.15, 0.2) is 6.10 Å². The van der Waals surface area contributed by atoms with E-state index in [-0.39, 0.29) is 12.5 Å². The average Bonchev–Trinajstić information content (AvgIpc) is 2.67. The molecular weight excluding hydrogens is 491 g/mol. The number of thioether (sulfide) groups is 1. The van der Waals surface area contributed by atoms with Crippen LogP contribution in [0.2, 0.25) is 15.1 Å². The zero-order chi connectivity index (χ0) is 21.9. The van der Waals surface area contributed by atoms with Crippen LogP contribution in [0.1, 0.15) is 5.56 Å². The van der Waals surface area contributed by atoms with Crippen LogP contribution < -0.4 is 14.4 Å². The van der Waals surface area contributed by atoms with Crippen LogP contribution in [-0.2, 0) is 20.6 Å². The molecule has 1 aliphatic heterocycles. The molecular formula is C19H19Cl3N2O4S2. The number of halogens is 3. The first-order valence-corrected chi connectivity index (χ1v) is 13.0. The number of carbonyl (C=O) groups is 1. The predicted molar refractivity (Wildman–Crippen MR) is 124 cm³/mol. The van der Waals surface area contributed by atoms with E-state index in [2.05, 4.69) is 5.32 Å². The third kappa shape index (κ3) is 5.88. The molecule has 3 rings (SSSR count). The molecule has 6 nitrogen and oxygen atoms in total. The zero-order valence-corrected chi connectivity index (χ0v) is 19.8. The predicted octanol–water partition coefficient (Wildman–Crippen LogP) is 4.22. The van der Waals surface area contributed by atoms with Gasteiger partial charge in [0.25, 0.3) is 5.91 Å². The smallest absolute Gasteiger partial charge is 0.263 e. The lowest BCUT2D eigenvalue weighted by atomic mass is 10.2. The number of nitrogens with zero attached hydrogens (tertiary/aromatic N) is 1. The molecule has 11 heteroatoms. The molecule has 0 aromatic heterocycles. The molecule has 0 spiro atoms. The molecule has 1 aliphatic rings. The van der Waals surface area contributed by atoms with Crippen molar-refractivity contribution in [3.05, 3.63) is 57.0 Å². The maximum absolute atomic E-state index is 12.5. The second-order valence-corrected chi connectivity index (χ2v) is 10.9. The molecule has 0 saturated carbocycles. The summed E-state index contributed by atoms with van der Waals surface area (Å²) in [5.74, 6) is 1.25. The first-order chi connectivity index (χ1) is 14.1. The normalized spacial score (nSPS) is 16.0. The molecule has 1 unspecified atom stereocenters. The summed E-state index contributed by atoms with van der Waals surface area (Å²) in [5, 5.41) is 4.36. The number of hydrogen-bond donors (Lipinski definition) is 1. The standard InChI is InChI=1S/C19H19Cl3N2O4S2/c1-30(26,27)24-10-18(28-17-5-4-14(21)9-16(17)24)19(25)23-6-7-29-11-12-2-3-13(20)8-15(12)22/h2-5,8-9,18H,6-7,10-11H2,1H3,(H,23,25). The van der Waals surface area contributed by atoms with E-state index in [9.17, 15) is 13.2 Å². The van der Waals surface area contributed by atoms with E-state index in [1.165, 1.54) is 6.07 Å². The minimum Gasteiger partial charge on any atom is -0.476 e. The molecule has 2 aromatic rings. The number of nitrogens with one attached hydrogen (secondary N) is 1. The van der Waals surface area contributed by atoms with Gasteiger partial charge in [-0.05, 0) is 35.9 Å². The third-order valence-electron chi connectivity index (χ3n) is 4.30. The molecule has 1 heterocycles. The molecule has 1 N–H and O–H groups in total. The van der Waals surface area contributed by atoms with Crippen molar-refractivity contribution >= 4 is 68.2 Å². The van der Waals surface area contributed by atoms with Crippen molar-refractivity contribution in [3.63, 3.8) is 0 Å². The number of amides is 1. The molecule has 0 bridgehead atoms. The van der Waals surface area contributed by atoms with Crippen LogP contribution in [0.15, 0.2) is 36.4 Å². The number of benzene rings is 2. The highest BCUT2D eigenvalue weighted by molar-refractivity contribution is 7.98. The maximum atomic E-state index is 12.5. The van der Waals surface area contributed by atoms with Gasteiger partial charge in [-0.3, -0.25) is 9.10 Å². The monoisotopic (exact) mass is 508 g/mol. The number of rotatable bonds is 7. The first-order valence-electron chi connectivity index (χ1n) is 8.88. The van der Waals surface area contributed by atoms with Gasteiger partial charge in [0.05, 0.1) is 18.5 Å². The van der Waals surface area contributed by atoms with E-state index in [0.29, 0.717) is 44.6 Å². The second-order valence-electron chi connectivity index (χ2n) is 6.59. The summed E-state index contributed by atoms with van der Waals surface area (Å²) in [4.78, 5) is 12.5. The van der Waals surface area contributed by atoms with E-state index in [4.69, 9.17) is 39.5 Å². The van der Waals surface area contributed by atoms with Gasteiger partial charge in [-0.1, -0.05) is 40.9 Å². The minimum atomic E-state index is -3.60. The van der Waals surface area contributed by atoms with E-state index in [1.807, 2.05) is 6.07 Å². The molecule has 30 heavy (non-hydrogen) atoms. The minimum absolute atomic E-state index is 0.120. The Labute approximate surface area is 194 Å². The van der Waals surface area contributed by atoms with Crippen molar-refractivity contribution in [2.45, 2.75) is 11.9 Å². The Balaban J connectivity index is 1.55. The Hall–Kier alpha value is -1.32. The topological polar surface area (TPSA) is 75.7 Å². The molecule has 1 atom stereocenters. The fourth-order valence-corrected chi connectivity index (χ4v) is 5.35. The Morgan fingerprint density at radius 2 is 1.90 bits per heavy atom. The van der Waals surface area contributed by atoms with Gasteiger partial charge in [0.1, 0.15) is 5.75 Å². The fraction of sp³-hybridized carbons (Fsp3) is 0.316. The van der Waals surface area contributed by atoms with Crippen LogP contribution in [0.25, 0.3) is 0 Å². The van der Waals surface area contributed by atoms with Crippen molar-refractivity contribution in [1.82, 2.24) is 5.32 Å². The first kappa shape index (κ1) is 23.3. The SMILES string of the molecule is CS(=O)(=O)N1CC(C(=O)NCCSCc2ccc(Cl)cc2Cl)Oc2ccc(Cl)cc21. The molecule has 1 amide bonds. The van der Waals surface area contributed by atoms with Crippen molar-refractivity contribution < 1.29 is 17.9 Å². The molecule has 2 aromatic carbocycles. The molecule has 0 aliphatic carbocycles. The van der Waals surface area contributed by atoms with E-state index >= 15 is 0 Å². The number of fused-ring (bicyclic) bond motifs is 1. The van der Waals surface area contributed by atoms with Crippen LogP contribution in [0.3, 0.4) is 0 Å². The van der Waals surface area contributed by atoms with Crippen molar-refractivity contribution in [3.8, 4) is 5.75 Å². The van der Waals surface area contributed by atoms with Gasteiger partial charge in [-0.2, -0.15) is 11.8 Å². The third-order valence-corrected chi connectivity index (χ3v) is 7.28. The van der Waals surface area contributed by atoms with Crippen LogP contribution in [-0.4, -0.2) is 45.5 Å². The summed E-state index contributed by atoms with van der Waals surface area (Å²) < 4.78 is 31.2. The van der Waals surface area contributed by atoms with Crippen molar-refractivity contribution in [2.75, 3.05) is 29.4 Å². The highest BCUT2D eigenvalue weighted by Gasteiger charge is 2.35. The Bertz CT molecular complexity index is 1050. The number of anilines is 1. The number of ether oxygens (including phenoxy) is 1. The van der Waals surface area contributed by atoms with Crippen molar-refractivity contribution in [2.24, 2.45) is 0 Å². The van der Waals surface area contributed by atoms with Crippen molar-refractivity contribution in [1.29, 1.82) is 0 Å². The van der Waals surface area contributed by atoms with Crippen LogP contribution >= 0.6 is 46.6 Å². The highest BCUT2D eigenvalue weighted by Crippen LogP contribution is 2.37. The zero-order valence-electron chi connectivity index (χ0n) is 15.9. The lowest BCUT2D eigenvalue weighted by molar-refractivity contribution is -0.127. The second kappa shape index (κ2) is 9.87. The van der Waals surface area contributed by atoms with Gasteiger partial charge in [-0.25, -0.2) is 8.42 Å². The van der Waals surface area contributed by atoms with E-state index in [1.54, 1.807) is 36.0 Å². The van der Waals surface area contributed by atoms with Gasteiger partial charge in [-0.15, -0.1) is 0 Å². The van der Waals surface area contributed by atoms with E-state index < -0.39 is 16.1 Å². The fourth-order valence-electron chi connectivity index (χ4n) is 2.86. The maximum Gasteiger partial charge on any atom is 0.263 e. The summed E-state index contributed by atoms with van der Waals surface area (Å²) in [6, 6.07) is 9.99. The van der Waals surface area contributed by atoms with Gasteiger partial charge < -0.3 is 10.1 Å². The van der Waals surface area contributed by atoms with E-state index in [0.717, 1.165) is 16.1 Å². The van der Waals surface area contributed by atoms with Crippen LogP contribution in [0.4, 0.5) is 5.69 Å². The quantitative estimate of drug-likeness (QED) is 0.566. The van der Waals surface area contributed by atoms with Crippen LogP contribution in [0.5, 0.6) is 5.75 Å². The molecule has 162 valence electrons. The molecule has 0 fully saturated rings. The summed E-state index contributed by atoms with van der Waals surface area (Å²) in [7, 11) is -3.60. The summed E-state index contributed by atoms with van der Waals surface area (Å²) >= 11 is 19.6. The molecule has 0 saturated heterocycles. The lowest BCUT2D eigenvalue weighted by Crippen LogP contribution is -2.50. The largest absolute Gasteiger partial charge is 0.476 e. The highest BCUT2D eigenvalue weighted by atomic mass is 35.5. The van der Waals surface area contributed by atoms with Crippen LogP contribution in [0, 0.1) is 0 Å². The lowest BCUT2D eigenvalue weighted by Gasteiger charge is -2.34. The average molecular weight is 510 g/mol. The summed E-state index contributed by atoms with van der Waals surface area (Å²) in [6.45, 7) is 0.284. The number of hydrogen-bond acceptors (Lipinski definition) is 5. The summed E-state index contributed by atoms with van der Waals surface area (Å²) in [6.07, 6.45) is 0.125.